The van der Waals surface area contributed by atoms with Gasteiger partial charge < -0.3 is 5.73 Å². The largest absolute Gasteiger partial charge is 0.350 e. The van der Waals surface area contributed by atoms with Gasteiger partial charge in [0, 0.05) is 10.9 Å². The Hall–Kier alpha value is -2.14. The van der Waals surface area contributed by atoms with Crippen molar-refractivity contribution < 1.29 is 4.79 Å². The summed E-state index contributed by atoms with van der Waals surface area (Å²) in [5.74, 6) is 0. The maximum atomic E-state index is 10.5. The number of hydrazone groups is 1. The monoisotopic (exact) mass is 262 g/mol. The summed E-state index contributed by atoms with van der Waals surface area (Å²) in [5, 5.41) is 4.94. The van der Waals surface area contributed by atoms with E-state index in [1.807, 2.05) is 31.2 Å². The molecular formula is C12H11ClN4O. The van der Waals surface area contributed by atoms with Gasteiger partial charge in [-0.05, 0) is 18.6 Å². The first kappa shape index (κ1) is 12.3. The Morgan fingerprint density at radius 1 is 1.56 bits per heavy atom. The van der Waals surface area contributed by atoms with E-state index in [2.05, 4.69) is 15.5 Å². The molecule has 2 aromatic rings. The normalized spacial score (nSPS) is 11.0. The average molecular weight is 263 g/mol. The van der Waals surface area contributed by atoms with E-state index in [9.17, 15) is 4.79 Å². The molecule has 0 aliphatic rings. The zero-order valence-electron chi connectivity index (χ0n) is 9.64. The molecule has 92 valence electrons. The van der Waals surface area contributed by atoms with Crippen LogP contribution in [0.4, 0.5) is 4.79 Å². The number of fused-ring (bicyclic) bond motifs is 1. The van der Waals surface area contributed by atoms with Crippen LogP contribution in [0.25, 0.3) is 10.9 Å². The second-order valence-corrected chi connectivity index (χ2v) is 4.11. The molecule has 5 nitrogen and oxygen atoms in total. The van der Waals surface area contributed by atoms with Gasteiger partial charge in [-0.1, -0.05) is 29.8 Å². The van der Waals surface area contributed by atoms with Crippen LogP contribution in [0.1, 0.15) is 11.1 Å². The Labute approximate surface area is 109 Å². The molecule has 18 heavy (non-hydrogen) atoms. The van der Waals surface area contributed by atoms with E-state index in [0.717, 1.165) is 16.5 Å². The molecule has 1 aromatic heterocycles. The number of hydrogen-bond acceptors (Lipinski definition) is 3. The highest BCUT2D eigenvalue weighted by Crippen LogP contribution is 2.21. The molecule has 0 spiro atoms. The Bertz CT molecular complexity index is 639. The van der Waals surface area contributed by atoms with E-state index in [1.54, 1.807) is 0 Å². The van der Waals surface area contributed by atoms with E-state index in [0.29, 0.717) is 10.7 Å². The van der Waals surface area contributed by atoms with Crippen molar-refractivity contribution in [1.29, 1.82) is 0 Å². The first-order valence-electron chi connectivity index (χ1n) is 5.22. The summed E-state index contributed by atoms with van der Waals surface area (Å²) in [6.45, 7) is 1.97. The molecule has 0 aliphatic heterocycles. The van der Waals surface area contributed by atoms with Gasteiger partial charge in [0.15, 0.2) is 0 Å². The Morgan fingerprint density at radius 2 is 2.33 bits per heavy atom. The zero-order valence-corrected chi connectivity index (χ0v) is 10.4. The van der Waals surface area contributed by atoms with Gasteiger partial charge in [-0.25, -0.2) is 15.2 Å². The highest BCUT2D eigenvalue weighted by Gasteiger charge is 2.04. The molecule has 1 aromatic carbocycles. The predicted octanol–water partition coefficient (Wildman–Crippen LogP) is 2.20. The number of urea groups is 1. The SMILES string of the molecule is Cc1cccc2cc(/C=N\NC(N)=O)c(Cl)nc12. The van der Waals surface area contributed by atoms with Crippen LogP contribution in [-0.2, 0) is 0 Å². The van der Waals surface area contributed by atoms with Crippen molar-refractivity contribution in [2.24, 2.45) is 10.8 Å². The number of nitrogens with two attached hydrogens (primary N) is 1. The summed E-state index contributed by atoms with van der Waals surface area (Å²) in [6.07, 6.45) is 1.40. The van der Waals surface area contributed by atoms with Crippen LogP contribution in [-0.4, -0.2) is 17.2 Å². The molecule has 0 fully saturated rings. The molecule has 0 saturated carbocycles. The predicted molar refractivity (Wildman–Crippen MR) is 71.8 cm³/mol. The fraction of sp³-hybridized carbons (Fsp3) is 0.0833. The van der Waals surface area contributed by atoms with Crippen LogP contribution in [0.15, 0.2) is 29.4 Å². The van der Waals surface area contributed by atoms with Crippen LogP contribution in [0.2, 0.25) is 5.15 Å². The number of para-hydroxylation sites is 1. The third-order valence-electron chi connectivity index (χ3n) is 2.41. The number of amides is 2. The summed E-state index contributed by atoms with van der Waals surface area (Å²) in [5.41, 5.74) is 9.51. The second kappa shape index (κ2) is 5.01. The van der Waals surface area contributed by atoms with Crippen LogP contribution >= 0.6 is 11.6 Å². The number of nitrogens with one attached hydrogen (secondary N) is 1. The number of rotatable bonds is 2. The molecule has 3 N–H and O–H groups in total. The molecule has 6 heteroatoms. The molecule has 0 atom stereocenters. The fourth-order valence-electron chi connectivity index (χ4n) is 1.60. The minimum atomic E-state index is -0.730. The van der Waals surface area contributed by atoms with Crippen LogP contribution in [0.3, 0.4) is 0 Å². The van der Waals surface area contributed by atoms with Gasteiger partial charge in [0.25, 0.3) is 0 Å². The van der Waals surface area contributed by atoms with Crippen molar-refractivity contribution in [3.05, 3.63) is 40.5 Å². The third-order valence-corrected chi connectivity index (χ3v) is 2.71. The van der Waals surface area contributed by atoms with Crippen LogP contribution < -0.4 is 11.2 Å². The topological polar surface area (TPSA) is 80.4 Å². The maximum absolute atomic E-state index is 10.5. The number of pyridine rings is 1. The van der Waals surface area contributed by atoms with Crippen LogP contribution in [0.5, 0.6) is 0 Å². The quantitative estimate of drug-likeness (QED) is 0.494. The van der Waals surface area contributed by atoms with E-state index in [-0.39, 0.29) is 0 Å². The molecule has 1 heterocycles. The van der Waals surface area contributed by atoms with Crippen molar-refractivity contribution in [1.82, 2.24) is 10.4 Å². The number of aromatic nitrogens is 1. The van der Waals surface area contributed by atoms with Gasteiger partial charge in [0.05, 0.1) is 11.7 Å². The molecule has 0 radical (unpaired) electrons. The van der Waals surface area contributed by atoms with E-state index in [4.69, 9.17) is 17.3 Å². The lowest BCUT2D eigenvalue weighted by Gasteiger charge is -2.04. The molecule has 0 unspecified atom stereocenters. The second-order valence-electron chi connectivity index (χ2n) is 3.75. The highest BCUT2D eigenvalue weighted by atomic mass is 35.5. The van der Waals surface area contributed by atoms with Gasteiger partial charge in [0.1, 0.15) is 5.15 Å². The van der Waals surface area contributed by atoms with Crippen molar-refractivity contribution >= 4 is 34.7 Å². The summed E-state index contributed by atoms with van der Waals surface area (Å²) >= 11 is 6.04. The van der Waals surface area contributed by atoms with Crippen molar-refractivity contribution in [2.75, 3.05) is 0 Å². The first-order chi connectivity index (χ1) is 8.58. The number of aryl methyl sites for hydroxylation is 1. The number of halogens is 1. The van der Waals surface area contributed by atoms with Crippen LogP contribution in [0, 0.1) is 6.92 Å². The van der Waals surface area contributed by atoms with E-state index in [1.165, 1.54) is 6.21 Å². The minimum absolute atomic E-state index is 0.326. The van der Waals surface area contributed by atoms with Gasteiger partial charge in [-0.3, -0.25) is 0 Å². The van der Waals surface area contributed by atoms with Crippen molar-refractivity contribution in [3.63, 3.8) is 0 Å². The lowest BCUT2D eigenvalue weighted by atomic mass is 10.1. The molecule has 0 saturated heterocycles. The smallest absolute Gasteiger partial charge is 0.332 e. The molecule has 2 amide bonds. The van der Waals surface area contributed by atoms with Gasteiger partial charge >= 0.3 is 6.03 Å². The lowest BCUT2D eigenvalue weighted by molar-refractivity contribution is 0.249. The number of benzene rings is 1. The number of primary amides is 1. The molecule has 2 rings (SSSR count). The maximum Gasteiger partial charge on any atom is 0.332 e. The van der Waals surface area contributed by atoms with Crippen molar-refractivity contribution in [3.8, 4) is 0 Å². The number of carbonyl (C=O) groups is 1. The van der Waals surface area contributed by atoms with Gasteiger partial charge in [0.2, 0.25) is 0 Å². The Balaban J connectivity index is 2.44. The van der Waals surface area contributed by atoms with E-state index >= 15 is 0 Å². The van der Waals surface area contributed by atoms with Gasteiger partial charge in [-0.15, -0.1) is 0 Å². The van der Waals surface area contributed by atoms with E-state index < -0.39 is 6.03 Å². The zero-order chi connectivity index (χ0) is 13.1. The number of hydrogen-bond donors (Lipinski definition) is 2. The standard InChI is InChI=1S/C12H11ClN4O/c1-7-3-2-4-8-5-9(6-15-17-12(14)18)11(13)16-10(7)8/h2-6H,1H3,(H3,14,17,18)/b15-6-. The van der Waals surface area contributed by atoms with Gasteiger partial charge in [-0.2, -0.15) is 5.10 Å². The third kappa shape index (κ3) is 2.57. The fourth-order valence-corrected chi connectivity index (χ4v) is 1.78. The summed E-state index contributed by atoms with van der Waals surface area (Å²) in [7, 11) is 0. The Morgan fingerprint density at radius 3 is 3.06 bits per heavy atom. The highest BCUT2D eigenvalue weighted by molar-refractivity contribution is 6.32. The number of carbonyl (C=O) groups excluding carboxylic acids is 1. The minimum Gasteiger partial charge on any atom is -0.350 e. The lowest BCUT2D eigenvalue weighted by Crippen LogP contribution is -2.24. The van der Waals surface area contributed by atoms with Crippen molar-refractivity contribution in [2.45, 2.75) is 6.92 Å². The summed E-state index contributed by atoms with van der Waals surface area (Å²) in [4.78, 5) is 14.8. The molecule has 0 aliphatic carbocycles. The average Bonchev–Trinajstić information content (AvgIpc) is 2.31. The summed E-state index contributed by atoms with van der Waals surface area (Å²) in [6, 6.07) is 6.96. The summed E-state index contributed by atoms with van der Waals surface area (Å²) < 4.78 is 0. The number of nitrogens with zero attached hydrogens (tertiary/aromatic N) is 2. The molecule has 0 bridgehead atoms. The molecular weight excluding hydrogens is 252 g/mol. The first-order valence-corrected chi connectivity index (χ1v) is 5.60. The Kier molecular flexibility index (Phi) is 3.43.